The second kappa shape index (κ2) is 7.08. The molecule has 4 heterocycles. The minimum Gasteiger partial charge on any atom is -0.460 e. The first kappa shape index (κ1) is 18.8. The molecule has 0 bridgehead atoms. The summed E-state index contributed by atoms with van der Waals surface area (Å²) < 4.78 is 7.76. The average molecular weight is 417 g/mol. The average Bonchev–Trinajstić information content (AvgIpc) is 3.49. The van der Waals surface area contributed by atoms with Crippen LogP contribution in [0.25, 0.3) is 10.9 Å². The molecule has 31 heavy (non-hydrogen) atoms. The Morgan fingerprint density at radius 3 is 2.74 bits per heavy atom. The summed E-state index contributed by atoms with van der Waals surface area (Å²) in [5.74, 6) is 1.02. The molecule has 0 saturated carbocycles. The number of nitrogens with zero attached hydrogens (tertiary/aromatic N) is 4. The number of pyridine rings is 1. The van der Waals surface area contributed by atoms with Gasteiger partial charge in [0.1, 0.15) is 11.9 Å². The molecule has 2 aromatic heterocycles. The molecular formula is C25H28N4O2. The van der Waals surface area contributed by atoms with Crippen molar-refractivity contribution in [3.05, 3.63) is 53.6 Å². The summed E-state index contributed by atoms with van der Waals surface area (Å²) in [5, 5.41) is 1.28. The number of piperidine rings is 1. The number of rotatable bonds is 3. The minimum atomic E-state index is -0.339. The van der Waals surface area contributed by atoms with E-state index in [2.05, 4.69) is 35.0 Å². The molecule has 1 aromatic carbocycles. The fourth-order valence-electron chi connectivity index (χ4n) is 5.75. The predicted octanol–water partition coefficient (Wildman–Crippen LogP) is 3.83. The molecule has 1 aliphatic carbocycles. The Kier molecular flexibility index (Phi) is 4.30. The quantitative estimate of drug-likeness (QED) is 0.608. The molecule has 2 saturated heterocycles. The van der Waals surface area contributed by atoms with E-state index in [-0.39, 0.29) is 17.5 Å². The Balaban J connectivity index is 1.20. The van der Waals surface area contributed by atoms with Crippen molar-refractivity contribution in [1.82, 2.24) is 14.5 Å². The third-order valence-corrected chi connectivity index (χ3v) is 7.56. The number of esters is 1. The summed E-state index contributed by atoms with van der Waals surface area (Å²) in [6.45, 7) is 4.56. The fraction of sp³-hybridized carbons (Fsp3) is 0.480. The van der Waals surface area contributed by atoms with Crippen LogP contribution in [-0.4, -0.2) is 39.7 Å². The molecule has 2 fully saturated rings. The first-order chi connectivity index (χ1) is 15.1. The van der Waals surface area contributed by atoms with Crippen molar-refractivity contribution in [2.45, 2.75) is 58.1 Å². The van der Waals surface area contributed by atoms with Gasteiger partial charge in [0, 0.05) is 37.3 Å². The molecule has 6 heteroatoms. The van der Waals surface area contributed by atoms with E-state index in [1.165, 1.54) is 41.3 Å². The fourth-order valence-corrected chi connectivity index (χ4v) is 5.75. The maximum Gasteiger partial charge on any atom is 0.312 e. The Morgan fingerprint density at radius 1 is 1.16 bits per heavy atom. The van der Waals surface area contributed by atoms with Gasteiger partial charge in [-0.1, -0.05) is 0 Å². The van der Waals surface area contributed by atoms with E-state index in [4.69, 9.17) is 9.72 Å². The highest BCUT2D eigenvalue weighted by atomic mass is 16.6. The molecule has 1 spiro atoms. The lowest BCUT2D eigenvalue weighted by molar-refractivity contribution is -0.150. The Bertz CT molecular complexity index is 1150. The van der Waals surface area contributed by atoms with E-state index < -0.39 is 0 Å². The molecule has 2 aliphatic heterocycles. The third kappa shape index (κ3) is 3.20. The van der Waals surface area contributed by atoms with Crippen molar-refractivity contribution in [2.24, 2.45) is 5.41 Å². The predicted molar refractivity (Wildman–Crippen MR) is 119 cm³/mol. The van der Waals surface area contributed by atoms with Crippen molar-refractivity contribution >= 4 is 22.7 Å². The van der Waals surface area contributed by atoms with Crippen LogP contribution in [0.1, 0.15) is 42.4 Å². The maximum absolute atomic E-state index is 12.8. The summed E-state index contributed by atoms with van der Waals surface area (Å²) in [7, 11) is 0. The number of hydrogen-bond acceptors (Lipinski definition) is 5. The third-order valence-electron chi connectivity index (χ3n) is 7.56. The van der Waals surface area contributed by atoms with Crippen LogP contribution in [0.2, 0.25) is 0 Å². The Hall–Kier alpha value is -2.89. The number of carbonyl (C=O) groups excluding carboxylic acids is 1. The number of imidazole rings is 1. The van der Waals surface area contributed by atoms with Crippen molar-refractivity contribution in [2.75, 3.05) is 18.0 Å². The smallest absolute Gasteiger partial charge is 0.312 e. The number of ether oxygens (including phenoxy) is 1. The van der Waals surface area contributed by atoms with Crippen LogP contribution in [-0.2, 0) is 28.9 Å². The molecule has 6 rings (SSSR count). The van der Waals surface area contributed by atoms with Crippen LogP contribution in [0.15, 0.2) is 36.9 Å². The summed E-state index contributed by atoms with van der Waals surface area (Å²) >= 11 is 0. The zero-order chi connectivity index (χ0) is 21.0. The highest BCUT2D eigenvalue weighted by Gasteiger charge is 2.50. The Labute approximate surface area is 182 Å². The van der Waals surface area contributed by atoms with Gasteiger partial charge >= 0.3 is 5.97 Å². The molecule has 3 aromatic rings. The molecule has 0 N–H and O–H groups in total. The first-order valence-electron chi connectivity index (χ1n) is 11.4. The van der Waals surface area contributed by atoms with Gasteiger partial charge in [-0.2, -0.15) is 0 Å². The number of hydrogen-bond donors (Lipinski definition) is 0. The van der Waals surface area contributed by atoms with Crippen molar-refractivity contribution in [1.29, 1.82) is 0 Å². The van der Waals surface area contributed by atoms with Crippen LogP contribution < -0.4 is 4.90 Å². The topological polar surface area (TPSA) is 60.2 Å². The lowest BCUT2D eigenvalue weighted by Gasteiger charge is -2.37. The van der Waals surface area contributed by atoms with E-state index in [1.807, 2.05) is 10.8 Å². The largest absolute Gasteiger partial charge is 0.460 e. The molecule has 0 amide bonds. The summed E-state index contributed by atoms with van der Waals surface area (Å²) in [5.41, 5.74) is 5.02. The number of fused-ring (bicyclic) bond motifs is 2. The summed E-state index contributed by atoms with van der Waals surface area (Å²) in [6.07, 6.45) is 11.5. The zero-order valence-electron chi connectivity index (χ0n) is 18.0. The second-order valence-corrected chi connectivity index (χ2v) is 9.55. The number of benzene rings is 1. The lowest BCUT2D eigenvalue weighted by Crippen LogP contribution is -2.43. The Morgan fingerprint density at radius 2 is 1.97 bits per heavy atom. The zero-order valence-corrected chi connectivity index (χ0v) is 18.0. The van der Waals surface area contributed by atoms with Crippen molar-refractivity contribution in [3.63, 3.8) is 0 Å². The SMILES string of the molecule is Cc1cc(N2CCC3(CC2)CC(Cn2ccnc2)OC3=O)nc2cc3c(cc12)CCC3. The van der Waals surface area contributed by atoms with Gasteiger partial charge in [0.05, 0.1) is 23.8 Å². The van der Waals surface area contributed by atoms with Gasteiger partial charge in [0.25, 0.3) is 0 Å². The van der Waals surface area contributed by atoms with Gasteiger partial charge in [-0.15, -0.1) is 0 Å². The van der Waals surface area contributed by atoms with Gasteiger partial charge in [0.2, 0.25) is 0 Å². The molecule has 1 unspecified atom stereocenters. The molecule has 3 aliphatic rings. The number of aromatic nitrogens is 3. The molecule has 6 nitrogen and oxygen atoms in total. The van der Waals surface area contributed by atoms with Crippen LogP contribution >= 0.6 is 0 Å². The minimum absolute atomic E-state index is 0.0181. The molecule has 1 atom stereocenters. The number of cyclic esters (lactones) is 1. The molecule has 160 valence electrons. The van der Waals surface area contributed by atoms with E-state index in [0.717, 1.165) is 43.7 Å². The standard InChI is InChI=1S/C25H28N4O2/c1-17-11-23(27-22-13-19-4-2-3-18(19)12-21(17)22)29-8-5-25(6-9-29)14-20(31-24(25)30)15-28-10-7-26-16-28/h7,10-13,16,20H,2-6,8-9,14-15H2,1H3. The molecular weight excluding hydrogens is 388 g/mol. The molecule has 0 radical (unpaired) electrons. The normalized spacial score (nSPS) is 22.3. The van der Waals surface area contributed by atoms with Gasteiger partial charge in [-0.3, -0.25) is 4.79 Å². The number of carbonyl (C=O) groups is 1. The van der Waals surface area contributed by atoms with Crippen LogP contribution in [0.5, 0.6) is 0 Å². The maximum atomic E-state index is 12.8. The number of aryl methyl sites for hydroxylation is 3. The van der Waals surface area contributed by atoms with Gasteiger partial charge in [-0.05, 0) is 73.9 Å². The van der Waals surface area contributed by atoms with Crippen molar-refractivity contribution in [3.8, 4) is 0 Å². The monoisotopic (exact) mass is 416 g/mol. The summed E-state index contributed by atoms with van der Waals surface area (Å²) in [6, 6.07) is 6.87. The van der Waals surface area contributed by atoms with E-state index >= 15 is 0 Å². The van der Waals surface area contributed by atoms with Crippen LogP contribution in [0.3, 0.4) is 0 Å². The first-order valence-corrected chi connectivity index (χ1v) is 11.4. The van der Waals surface area contributed by atoms with Gasteiger partial charge < -0.3 is 14.2 Å². The van der Waals surface area contributed by atoms with Crippen LogP contribution in [0.4, 0.5) is 5.82 Å². The van der Waals surface area contributed by atoms with Gasteiger partial charge in [-0.25, -0.2) is 9.97 Å². The lowest BCUT2D eigenvalue weighted by atomic mass is 9.76. The second-order valence-electron chi connectivity index (χ2n) is 9.55. The highest BCUT2D eigenvalue weighted by Crippen LogP contribution is 2.44. The van der Waals surface area contributed by atoms with E-state index in [0.29, 0.717) is 6.54 Å². The van der Waals surface area contributed by atoms with Crippen molar-refractivity contribution < 1.29 is 9.53 Å². The number of anilines is 1. The van der Waals surface area contributed by atoms with Gasteiger partial charge in [0.15, 0.2) is 0 Å². The van der Waals surface area contributed by atoms with E-state index in [1.54, 1.807) is 12.5 Å². The summed E-state index contributed by atoms with van der Waals surface area (Å²) in [4.78, 5) is 24.3. The highest BCUT2D eigenvalue weighted by molar-refractivity contribution is 5.86. The van der Waals surface area contributed by atoms with E-state index in [9.17, 15) is 4.79 Å². The van der Waals surface area contributed by atoms with Crippen LogP contribution in [0, 0.1) is 12.3 Å².